The minimum Gasteiger partial charge on any atom is -0.394 e. The van der Waals surface area contributed by atoms with E-state index in [-0.39, 0.29) is 12.1 Å². The van der Waals surface area contributed by atoms with E-state index < -0.39 is 0 Å². The lowest BCUT2D eigenvalue weighted by Gasteiger charge is -2.33. The number of aliphatic hydroxyl groups excluding tert-OH is 1. The Labute approximate surface area is 127 Å². The van der Waals surface area contributed by atoms with E-state index in [0.29, 0.717) is 6.10 Å². The smallest absolute Gasteiger partial charge is 0.0674 e. The Morgan fingerprint density at radius 1 is 1.33 bits per heavy atom. The van der Waals surface area contributed by atoms with E-state index in [2.05, 4.69) is 41.4 Å². The molecule has 4 nitrogen and oxygen atoms in total. The molecule has 1 fully saturated rings. The van der Waals surface area contributed by atoms with Crippen LogP contribution in [0.5, 0.6) is 0 Å². The number of ether oxygens (including phenoxy) is 1. The Kier molecular flexibility index (Phi) is 4.60. The van der Waals surface area contributed by atoms with Gasteiger partial charge in [0.05, 0.1) is 19.3 Å². The SMILES string of the molecule is CC1CN(CCNC2(CO)Cc3ccccc3C2)CCO1. The van der Waals surface area contributed by atoms with Gasteiger partial charge in [-0.25, -0.2) is 0 Å². The van der Waals surface area contributed by atoms with E-state index >= 15 is 0 Å². The summed E-state index contributed by atoms with van der Waals surface area (Å²) >= 11 is 0. The molecule has 2 N–H and O–H groups in total. The molecule has 0 spiro atoms. The van der Waals surface area contributed by atoms with Gasteiger partial charge in [0.15, 0.2) is 0 Å². The minimum atomic E-state index is -0.165. The van der Waals surface area contributed by atoms with Crippen molar-refractivity contribution in [1.29, 1.82) is 0 Å². The zero-order chi connectivity index (χ0) is 14.7. The number of aliphatic hydroxyl groups is 1. The molecule has 1 unspecified atom stereocenters. The Balaban J connectivity index is 1.52. The second kappa shape index (κ2) is 6.44. The lowest BCUT2D eigenvalue weighted by atomic mass is 9.97. The number of benzene rings is 1. The number of hydrogen-bond donors (Lipinski definition) is 2. The number of nitrogens with zero attached hydrogens (tertiary/aromatic N) is 1. The van der Waals surface area contributed by atoms with Crippen molar-refractivity contribution in [3.05, 3.63) is 35.4 Å². The first kappa shape index (κ1) is 15.0. The lowest BCUT2D eigenvalue weighted by Crippen LogP contribution is -2.53. The Morgan fingerprint density at radius 2 is 2.05 bits per heavy atom. The van der Waals surface area contributed by atoms with Crippen LogP contribution in [-0.4, -0.2) is 61.0 Å². The molecule has 1 atom stereocenters. The fraction of sp³-hybridized carbons (Fsp3) is 0.647. The van der Waals surface area contributed by atoms with Crippen molar-refractivity contribution in [1.82, 2.24) is 10.2 Å². The maximum atomic E-state index is 9.87. The van der Waals surface area contributed by atoms with Crippen LogP contribution < -0.4 is 5.32 Å². The first-order valence-corrected chi connectivity index (χ1v) is 7.97. The van der Waals surface area contributed by atoms with Gasteiger partial charge >= 0.3 is 0 Å². The molecule has 1 aromatic rings. The number of morpholine rings is 1. The average molecular weight is 290 g/mol. The van der Waals surface area contributed by atoms with Crippen LogP contribution in [0.3, 0.4) is 0 Å². The number of hydrogen-bond acceptors (Lipinski definition) is 4. The van der Waals surface area contributed by atoms with E-state index in [1.807, 2.05) is 0 Å². The monoisotopic (exact) mass is 290 g/mol. The van der Waals surface area contributed by atoms with Crippen molar-refractivity contribution < 1.29 is 9.84 Å². The van der Waals surface area contributed by atoms with E-state index in [9.17, 15) is 5.11 Å². The zero-order valence-corrected chi connectivity index (χ0v) is 12.8. The van der Waals surface area contributed by atoms with Gasteiger partial charge in [0, 0.05) is 31.7 Å². The third-order valence-electron chi connectivity index (χ3n) is 4.73. The largest absolute Gasteiger partial charge is 0.394 e. The van der Waals surface area contributed by atoms with E-state index in [1.54, 1.807) is 0 Å². The molecule has 2 aliphatic rings. The van der Waals surface area contributed by atoms with Gasteiger partial charge in [-0.05, 0) is 30.9 Å². The fourth-order valence-electron chi connectivity index (χ4n) is 3.56. The highest BCUT2D eigenvalue weighted by molar-refractivity contribution is 5.36. The Hall–Kier alpha value is -0.940. The van der Waals surface area contributed by atoms with Crippen LogP contribution >= 0.6 is 0 Å². The summed E-state index contributed by atoms with van der Waals surface area (Å²) in [5.41, 5.74) is 2.58. The summed E-state index contributed by atoms with van der Waals surface area (Å²) in [7, 11) is 0. The lowest BCUT2D eigenvalue weighted by molar-refractivity contribution is -0.0184. The quantitative estimate of drug-likeness (QED) is 0.843. The molecule has 0 bridgehead atoms. The summed E-state index contributed by atoms with van der Waals surface area (Å²) in [5.74, 6) is 0. The number of nitrogens with one attached hydrogen (secondary N) is 1. The summed E-state index contributed by atoms with van der Waals surface area (Å²) in [6, 6.07) is 8.53. The van der Waals surface area contributed by atoms with Gasteiger partial charge in [-0.2, -0.15) is 0 Å². The Bertz CT molecular complexity index is 453. The normalized spacial score (nSPS) is 25.0. The molecular formula is C17H26N2O2. The molecular weight excluding hydrogens is 264 g/mol. The number of fused-ring (bicyclic) bond motifs is 1. The highest BCUT2D eigenvalue weighted by atomic mass is 16.5. The zero-order valence-electron chi connectivity index (χ0n) is 12.8. The van der Waals surface area contributed by atoms with E-state index in [0.717, 1.165) is 45.6 Å². The van der Waals surface area contributed by atoms with Crippen LogP contribution in [0.2, 0.25) is 0 Å². The molecule has 1 heterocycles. The van der Waals surface area contributed by atoms with Gasteiger partial charge in [-0.1, -0.05) is 24.3 Å². The standard InChI is InChI=1S/C17H26N2O2/c1-14-12-19(8-9-21-14)7-6-18-17(13-20)10-15-4-2-3-5-16(15)11-17/h2-5,14,18,20H,6-13H2,1H3. The molecule has 1 aromatic carbocycles. The minimum absolute atomic E-state index is 0.165. The van der Waals surface area contributed by atoms with Gasteiger partial charge in [0.2, 0.25) is 0 Å². The topological polar surface area (TPSA) is 44.7 Å². The van der Waals surface area contributed by atoms with Crippen molar-refractivity contribution in [2.24, 2.45) is 0 Å². The highest BCUT2D eigenvalue weighted by Gasteiger charge is 2.36. The maximum absolute atomic E-state index is 9.87. The van der Waals surface area contributed by atoms with Crippen LogP contribution in [0.1, 0.15) is 18.1 Å². The van der Waals surface area contributed by atoms with Crippen molar-refractivity contribution in [3.8, 4) is 0 Å². The van der Waals surface area contributed by atoms with Gasteiger partial charge in [-0.15, -0.1) is 0 Å². The molecule has 0 amide bonds. The summed E-state index contributed by atoms with van der Waals surface area (Å²) in [4.78, 5) is 2.44. The van der Waals surface area contributed by atoms with Crippen LogP contribution in [0.15, 0.2) is 24.3 Å². The Morgan fingerprint density at radius 3 is 2.67 bits per heavy atom. The van der Waals surface area contributed by atoms with Crippen molar-refractivity contribution >= 4 is 0 Å². The third-order valence-corrected chi connectivity index (χ3v) is 4.73. The van der Waals surface area contributed by atoms with Crippen LogP contribution in [0.25, 0.3) is 0 Å². The number of rotatable bonds is 5. The van der Waals surface area contributed by atoms with Crippen molar-refractivity contribution in [2.45, 2.75) is 31.4 Å². The summed E-state index contributed by atoms with van der Waals surface area (Å²) < 4.78 is 5.57. The summed E-state index contributed by atoms with van der Waals surface area (Å²) in [6.07, 6.45) is 2.19. The van der Waals surface area contributed by atoms with Crippen LogP contribution in [0.4, 0.5) is 0 Å². The molecule has 1 aliphatic heterocycles. The molecule has 0 aromatic heterocycles. The highest BCUT2D eigenvalue weighted by Crippen LogP contribution is 2.29. The van der Waals surface area contributed by atoms with Gasteiger partial charge < -0.3 is 15.2 Å². The average Bonchev–Trinajstić information content (AvgIpc) is 2.86. The molecule has 116 valence electrons. The fourth-order valence-corrected chi connectivity index (χ4v) is 3.56. The van der Waals surface area contributed by atoms with E-state index in [1.165, 1.54) is 11.1 Å². The van der Waals surface area contributed by atoms with Gasteiger partial charge in [0.25, 0.3) is 0 Å². The van der Waals surface area contributed by atoms with E-state index in [4.69, 9.17) is 4.74 Å². The van der Waals surface area contributed by atoms with Crippen LogP contribution in [0, 0.1) is 0 Å². The third kappa shape index (κ3) is 3.46. The second-order valence-corrected chi connectivity index (χ2v) is 6.47. The predicted molar refractivity (Wildman–Crippen MR) is 83.5 cm³/mol. The van der Waals surface area contributed by atoms with Crippen molar-refractivity contribution in [2.75, 3.05) is 39.4 Å². The van der Waals surface area contributed by atoms with Gasteiger partial charge in [-0.3, -0.25) is 4.90 Å². The van der Waals surface area contributed by atoms with Crippen LogP contribution in [-0.2, 0) is 17.6 Å². The molecule has 21 heavy (non-hydrogen) atoms. The summed E-state index contributed by atoms with van der Waals surface area (Å²) in [5, 5.41) is 13.5. The second-order valence-electron chi connectivity index (χ2n) is 6.47. The molecule has 1 saturated heterocycles. The predicted octanol–water partition coefficient (Wildman–Crippen LogP) is 0.827. The summed E-state index contributed by atoms with van der Waals surface area (Å²) in [6.45, 7) is 7.11. The molecule has 0 saturated carbocycles. The molecule has 0 radical (unpaired) electrons. The maximum Gasteiger partial charge on any atom is 0.0674 e. The van der Waals surface area contributed by atoms with Gasteiger partial charge in [0.1, 0.15) is 0 Å². The van der Waals surface area contributed by atoms with Crippen molar-refractivity contribution in [3.63, 3.8) is 0 Å². The molecule has 4 heteroatoms. The molecule has 1 aliphatic carbocycles. The first-order valence-electron chi connectivity index (χ1n) is 7.97. The first-order chi connectivity index (χ1) is 10.2. The molecule has 3 rings (SSSR count).